The van der Waals surface area contributed by atoms with E-state index in [-0.39, 0.29) is 6.42 Å². The van der Waals surface area contributed by atoms with Gasteiger partial charge in [0.15, 0.2) is 5.69 Å². The Balaban J connectivity index is 1.78. The van der Waals surface area contributed by atoms with Crippen LogP contribution in [0.1, 0.15) is 22.8 Å². The zero-order chi connectivity index (χ0) is 19.2. The second-order valence-corrected chi connectivity index (χ2v) is 5.99. The van der Waals surface area contributed by atoms with Crippen molar-refractivity contribution in [2.24, 2.45) is 7.05 Å². The number of nitrogens with zero attached hydrogens (tertiary/aromatic N) is 6. The highest BCUT2D eigenvalue weighted by Gasteiger charge is 2.32. The maximum atomic E-state index is 12.6. The molecule has 3 aromatic heterocycles. The summed E-state index contributed by atoms with van der Waals surface area (Å²) in [6, 6.07) is 7.30. The monoisotopic (exact) mass is 368 g/mol. The second kappa shape index (κ2) is 6.02. The van der Waals surface area contributed by atoms with Gasteiger partial charge in [-0.1, -0.05) is 0 Å². The summed E-state index contributed by atoms with van der Waals surface area (Å²) >= 11 is 0. The van der Waals surface area contributed by atoms with Crippen LogP contribution in [-0.2, 0) is 19.6 Å². The minimum absolute atomic E-state index is 0.218. The average molecular weight is 368 g/mol. The number of alkyl halides is 3. The molecule has 0 radical (unpaired) electrons. The van der Waals surface area contributed by atoms with Crippen molar-refractivity contribution in [3.8, 4) is 6.07 Å². The molecule has 0 saturated heterocycles. The molecule has 0 spiro atoms. The van der Waals surface area contributed by atoms with Gasteiger partial charge in [0.05, 0.1) is 40.8 Å². The van der Waals surface area contributed by atoms with Crippen molar-refractivity contribution in [1.82, 2.24) is 24.5 Å². The summed E-state index contributed by atoms with van der Waals surface area (Å²) in [6.07, 6.45) is -0.853. The molecule has 3 heterocycles. The first-order valence-corrected chi connectivity index (χ1v) is 7.89. The van der Waals surface area contributed by atoms with Gasteiger partial charge in [0.1, 0.15) is 11.3 Å². The van der Waals surface area contributed by atoms with Crippen molar-refractivity contribution in [3.63, 3.8) is 0 Å². The summed E-state index contributed by atoms with van der Waals surface area (Å²) in [5.74, 6) is 0.607. The molecular formula is C18H11F3N6. The molecule has 0 amide bonds. The van der Waals surface area contributed by atoms with Crippen LogP contribution in [0.2, 0.25) is 0 Å². The van der Waals surface area contributed by atoms with Gasteiger partial charge in [-0.2, -0.15) is 18.4 Å². The quantitative estimate of drug-likeness (QED) is 0.542. The molecule has 9 heteroatoms. The summed E-state index contributed by atoms with van der Waals surface area (Å²) in [4.78, 5) is 16.1. The van der Waals surface area contributed by atoms with E-state index >= 15 is 0 Å². The van der Waals surface area contributed by atoms with E-state index in [1.165, 1.54) is 0 Å². The smallest absolute Gasteiger partial charge is 0.330 e. The predicted octanol–water partition coefficient (Wildman–Crippen LogP) is 3.39. The first-order chi connectivity index (χ1) is 12.9. The second-order valence-electron chi connectivity index (χ2n) is 5.99. The van der Waals surface area contributed by atoms with Gasteiger partial charge in [0.25, 0.3) is 0 Å². The Morgan fingerprint density at radius 3 is 2.56 bits per heavy atom. The summed E-state index contributed by atoms with van der Waals surface area (Å²) in [5, 5.41) is 9.91. The van der Waals surface area contributed by atoms with Crippen molar-refractivity contribution >= 4 is 21.9 Å². The zero-order valence-corrected chi connectivity index (χ0v) is 14.0. The minimum Gasteiger partial charge on any atom is -0.330 e. The number of aromatic nitrogens is 5. The molecule has 0 bridgehead atoms. The number of aryl methyl sites for hydroxylation is 1. The standard InChI is InChI=1S/C18H11F3N6/c1-27-16(5-11-7-25-15(9-23-11)18(19,20)21)26-14-8-24-13-3-2-10(6-22)4-12(13)17(14)27/h2-4,7-9H,5H2,1H3. The van der Waals surface area contributed by atoms with Gasteiger partial charge < -0.3 is 4.57 Å². The number of halogens is 3. The summed E-state index contributed by atoms with van der Waals surface area (Å²) in [7, 11) is 1.81. The molecule has 0 fully saturated rings. The number of rotatable bonds is 2. The third-order valence-electron chi connectivity index (χ3n) is 4.26. The van der Waals surface area contributed by atoms with Crippen LogP contribution in [0.4, 0.5) is 13.2 Å². The Bertz CT molecular complexity index is 1200. The van der Waals surface area contributed by atoms with E-state index in [9.17, 15) is 13.2 Å². The van der Waals surface area contributed by atoms with Crippen molar-refractivity contribution in [1.29, 1.82) is 5.26 Å². The number of fused-ring (bicyclic) bond motifs is 3. The highest BCUT2D eigenvalue weighted by Crippen LogP contribution is 2.27. The molecule has 0 aliphatic heterocycles. The number of benzene rings is 1. The Hall–Kier alpha value is -3.54. The van der Waals surface area contributed by atoms with Gasteiger partial charge in [0.2, 0.25) is 0 Å². The lowest BCUT2D eigenvalue weighted by Gasteiger charge is -2.06. The molecule has 0 unspecified atom stereocenters. The van der Waals surface area contributed by atoms with E-state index in [1.807, 2.05) is 4.57 Å². The Labute approximate surface area is 150 Å². The Kier molecular flexibility index (Phi) is 3.77. The molecule has 134 valence electrons. The largest absolute Gasteiger partial charge is 0.434 e. The van der Waals surface area contributed by atoms with E-state index in [0.717, 1.165) is 22.6 Å². The molecule has 27 heavy (non-hydrogen) atoms. The normalized spacial score (nSPS) is 11.8. The molecule has 4 aromatic rings. The van der Waals surface area contributed by atoms with Gasteiger partial charge in [-0.25, -0.2) is 9.97 Å². The van der Waals surface area contributed by atoms with Crippen LogP contribution in [-0.4, -0.2) is 24.5 Å². The van der Waals surface area contributed by atoms with Crippen LogP contribution in [0, 0.1) is 11.3 Å². The Morgan fingerprint density at radius 2 is 1.89 bits per heavy atom. The zero-order valence-electron chi connectivity index (χ0n) is 14.0. The summed E-state index contributed by atoms with van der Waals surface area (Å²) in [6.45, 7) is 0. The van der Waals surface area contributed by atoms with Gasteiger partial charge in [-0.05, 0) is 18.2 Å². The third kappa shape index (κ3) is 2.95. The maximum absolute atomic E-state index is 12.6. The van der Waals surface area contributed by atoms with Gasteiger partial charge in [-0.3, -0.25) is 9.97 Å². The van der Waals surface area contributed by atoms with E-state index in [1.54, 1.807) is 31.4 Å². The lowest BCUT2D eigenvalue weighted by Crippen LogP contribution is -2.10. The number of hydrogen-bond acceptors (Lipinski definition) is 5. The van der Waals surface area contributed by atoms with E-state index < -0.39 is 11.9 Å². The molecule has 0 aliphatic rings. The average Bonchev–Trinajstić information content (AvgIpc) is 2.97. The molecule has 0 saturated carbocycles. The van der Waals surface area contributed by atoms with Gasteiger partial charge in [0, 0.05) is 25.1 Å². The molecule has 1 aromatic carbocycles. The third-order valence-corrected chi connectivity index (χ3v) is 4.26. The molecule has 6 nitrogen and oxygen atoms in total. The lowest BCUT2D eigenvalue weighted by molar-refractivity contribution is -0.141. The molecule has 0 aliphatic carbocycles. The highest BCUT2D eigenvalue weighted by atomic mass is 19.4. The fourth-order valence-electron chi connectivity index (χ4n) is 2.93. The molecular weight excluding hydrogens is 357 g/mol. The topological polar surface area (TPSA) is 80.3 Å². The van der Waals surface area contributed by atoms with Crippen molar-refractivity contribution in [2.75, 3.05) is 0 Å². The van der Waals surface area contributed by atoms with Crippen molar-refractivity contribution in [3.05, 3.63) is 59.6 Å². The fraction of sp³-hybridized carbons (Fsp3) is 0.167. The predicted molar refractivity (Wildman–Crippen MR) is 90.6 cm³/mol. The number of nitriles is 1. The molecule has 0 N–H and O–H groups in total. The number of hydrogen-bond donors (Lipinski definition) is 0. The summed E-state index contributed by atoms with van der Waals surface area (Å²) < 4.78 is 39.7. The molecule has 0 atom stereocenters. The highest BCUT2D eigenvalue weighted by molar-refractivity contribution is 6.02. The first kappa shape index (κ1) is 16.9. The van der Waals surface area contributed by atoms with Crippen molar-refractivity contribution in [2.45, 2.75) is 12.6 Å². The van der Waals surface area contributed by atoms with Gasteiger partial charge >= 0.3 is 6.18 Å². The minimum atomic E-state index is -4.52. The summed E-state index contributed by atoms with van der Waals surface area (Å²) in [5.41, 5.74) is 2.01. The van der Waals surface area contributed by atoms with Crippen LogP contribution in [0.5, 0.6) is 0 Å². The van der Waals surface area contributed by atoms with E-state index in [0.29, 0.717) is 28.8 Å². The van der Waals surface area contributed by atoms with Crippen LogP contribution < -0.4 is 0 Å². The number of pyridine rings is 1. The first-order valence-electron chi connectivity index (χ1n) is 7.89. The van der Waals surface area contributed by atoms with E-state index in [4.69, 9.17) is 5.26 Å². The fourth-order valence-corrected chi connectivity index (χ4v) is 2.93. The van der Waals surface area contributed by atoms with Crippen LogP contribution in [0.25, 0.3) is 21.9 Å². The lowest BCUT2D eigenvalue weighted by atomic mass is 10.1. The maximum Gasteiger partial charge on any atom is 0.434 e. The molecule has 4 rings (SSSR count). The van der Waals surface area contributed by atoms with E-state index in [2.05, 4.69) is 26.0 Å². The van der Waals surface area contributed by atoms with Crippen LogP contribution >= 0.6 is 0 Å². The number of imidazole rings is 1. The van der Waals surface area contributed by atoms with Crippen molar-refractivity contribution < 1.29 is 13.2 Å². The van der Waals surface area contributed by atoms with Crippen LogP contribution in [0.15, 0.2) is 36.8 Å². The van der Waals surface area contributed by atoms with Gasteiger partial charge in [-0.15, -0.1) is 0 Å². The van der Waals surface area contributed by atoms with Crippen LogP contribution in [0.3, 0.4) is 0 Å². The SMILES string of the molecule is Cn1c(Cc2cnc(C(F)(F)F)cn2)nc2cnc3ccc(C#N)cc3c21. The Morgan fingerprint density at radius 1 is 1.07 bits per heavy atom.